The fourth-order valence-electron chi connectivity index (χ4n) is 0.993. The van der Waals surface area contributed by atoms with Crippen molar-refractivity contribution < 1.29 is 14.8 Å². The van der Waals surface area contributed by atoms with Gasteiger partial charge in [-0.15, -0.1) is 0 Å². The van der Waals surface area contributed by atoms with Crippen LogP contribution in [0.25, 0.3) is 0 Å². The van der Waals surface area contributed by atoms with Crippen molar-refractivity contribution in [3.63, 3.8) is 0 Å². The van der Waals surface area contributed by atoms with Gasteiger partial charge in [0.15, 0.2) is 0 Å². The van der Waals surface area contributed by atoms with E-state index in [0.29, 0.717) is 10.6 Å². The smallest absolute Gasteiger partial charge is 0.255 e. The second-order valence-corrected chi connectivity index (χ2v) is 2.96. The highest BCUT2D eigenvalue weighted by Gasteiger charge is 2.13. The number of nitrogens with zero attached hydrogens (tertiary/aromatic N) is 2. The Labute approximate surface area is 86.3 Å². The molecule has 0 aliphatic carbocycles. The first-order valence-electron chi connectivity index (χ1n) is 4.26. The molecule has 1 aromatic heterocycles. The lowest BCUT2D eigenvalue weighted by Gasteiger charge is -2.13. The summed E-state index contributed by atoms with van der Waals surface area (Å²) in [7, 11) is 0. The van der Waals surface area contributed by atoms with Crippen molar-refractivity contribution in [1.29, 1.82) is 0 Å². The SMILES string of the molecule is NC(=O)CC(=O)N(O)Cc1cccnc1. The minimum absolute atomic E-state index is 0.0139. The fraction of sp³-hybridized carbons (Fsp3) is 0.222. The number of amides is 2. The number of primary amides is 1. The van der Waals surface area contributed by atoms with Crippen molar-refractivity contribution in [3.05, 3.63) is 30.1 Å². The standard InChI is InChI=1S/C9H11N3O3/c10-8(13)4-9(14)12(15)6-7-2-1-3-11-5-7/h1-3,5,15H,4,6H2,(H2,10,13). The van der Waals surface area contributed by atoms with Crippen LogP contribution in [0.15, 0.2) is 24.5 Å². The lowest BCUT2D eigenvalue weighted by Crippen LogP contribution is -2.30. The van der Waals surface area contributed by atoms with Crippen LogP contribution in [0.1, 0.15) is 12.0 Å². The Balaban J connectivity index is 2.52. The number of pyridine rings is 1. The van der Waals surface area contributed by atoms with E-state index in [0.717, 1.165) is 0 Å². The molecule has 0 saturated heterocycles. The molecule has 1 aromatic rings. The summed E-state index contributed by atoms with van der Waals surface area (Å²) in [5.74, 6) is -1.50. The minimum atomic E-state index is -0.773. The third kappa shape index (κ3) is 3.74. The molecule has 2 amide bonds. The molecule has 0 radical (unpaired) electrons. The molecule has 0 atom stereocenters. The van der Waals surface area contributed by atoms with E-state index in [4.69, 9.17) is 5.73 Å². The van der Waals surface area contributed by atoms with Gasteiger partial charge in [0.05, 0.1) is 6.54 Å². The summed E-state index contributed by atoms with van der Waals surface area (Å²) < 4.78 is 0. The summed E-state index contributed by atoms with van der Waals surface area (Å²) in [5, 5.41) is 9.71. The number of aromatic nitrogens is 1. The summed E-state index contributed by atoms with van der Waals surface area (Å²) in [4.78, 5) is 25.3. The van der Waals surface area contributed by atoms with Gasteiger partial charge in [-0.25, -0.2) is 5.06 Å². The molecule has 0 fully saturated rings. The van der Waals surface area contributed by atoms with Gasteiger partial charge < -0.3 is 5.73 Å². The van der Waals surface area contributed by atoms with Gasteiger partial charge in [0.1, 0.15) is 6.42 Å². The van der Waals surface area contributed by atoms with Crippen LogP contribution in [-0.2, 0) is 16.1 Å². The number of carbonyl (C=O) groups excluding carboxylic acids is 2. The van der Waals surface area contributed by atoms with E-state index in [1.54, 1.807) is 18.3 Å². The Bertz CT molecular complexity index is 353. The van der Waals surface area contributed by atoms with E-state index in [-0.39, 0.29) is 6.54 Å². The molecule has 15 heavy (non-hydrogen) atoms. The van der Waals surface area contributed by atoms with Crippen LogP contribution >= 0.6 is 0 Å². The lowest BCUT2D eigenvalue weighted by atomic mass is 10.3. The highest BCUT2D eigenvalue weighted by molar-refractivity contribution is 5.95. The number of hydrogen-bond acceptors (Lipinski definition) is 4. The summed E-state index contributed by atoms with van der Waals surface area (Å²) in [6.45, 7) is -0.0139. The Morgan fingerprint density at radius 1 is 1.53 bits per heavy atom. The van der Waals surface area contributed by atoms with Crippen LogP contribution in [0.4, 0.5) is 0 Å². The molecule has 0 unspecified atom stereocenters. The topological polar surface area (TPSA) is 96.5 Å². The highest BCUT2D eigenvalue weighted by atomic mass is 16.5. The first-order valence-corrected chi connectivity index (χ1v) is 4.26. The molecule has 0 aliphatic heterocycles. The molecule has 6 heteroatoms. The lowest BCUT2D eigenvalue weighted by molar-refractivity contribution is -0.168. The zero-order valence-corrected chi connectivity index (χ0v) is 7.96. The maximum Gasteiger partial charge on any atom is 0.255 e. The van der Waals surface area contributed by atoms with Gasteiger partial charge in [0.2, 0.25) is 5.91 Å². The summed E-state index contributed by atoms with van der Waals surface area (Å²) >= 11 is 0. The molecule has 1 rings (SSSR count). The molecular weight excluding hydrogens is 198 g/mol. The maximum atomic E-state index is 11.1. The summed E-state index contributed by atoms with van der Waals surface area (Å²) in [5.41, 5.74) is 5.48. The average Bonchev–Trinajstić information content (AvgIpc) is 2.18. The maximum absolute atomic E-state index is 11.1. The van der Waals surface area contributed by atoms with Crippen molar-refractivity contribution in [3.8, 4) is 0 Å². The van der Waals surface area contributed by atoms with Crippen molar-refractivity contribution in [2.75, 3.05) is 0 Å². The molecule has 0 saturated carbocycles. The highest BCUT2D eigenvalue weighted by Crippen LogP contribution is 2.01. The molecular formula is C9H11N3O3. The van der Waals surface area contributed by atoms with Crippen LogP contribution in [0.5, 0.6) is 0 Å². The quantitative estimate of drug-likeness (QED) is 0.403. The average molecular weight is 209 g/mol. The molecule has 6 nitrogen and oxygen atoms in total. The van der Waals surface area contributed by atoms with Crippen LogP contribution in [-0.4, -0.2) is 27.1 Å². The third-order valence-corrected chi connectivity index (χ3v) is 1.67. The van der Waals surface area contributed by atoms with Crippen LogP contribution in [0.3, 0.4) is 0 Å². The monoisotopic (exact) mass is 209 g/mol. The van der Waals surface area contributed by atoms with Crippen molar-refractivity contribution >= 4 is 11.8 Å². The van der Waals surface area contributed by atoms with Crippen LogP contribution < -0.4 is 5.73 Å². The van der Waals surface area contributed by atoms with Gasteiger partial charge in [-0.2, -0.15) is 0 Å². The Hall–Kier alpha value is -1.95. The van der Waals surface area contributed by atoms with E-state index in [9.17, 15) is 14.8 Å². The molecule has 0 aliphatic rings. The summed E-state index contributed by atoms with van der Waals surface area (Å²) in [6, 6.07) is 3.38. The van der Waals surface area contributed by atoms with Crippen molar-refractivity contribution in [2.45, 2.75) is 13.0 Å². The normalized spacial score (nSPS) is 9.67. The molecule has 0 spiro atoms. The summed E-state index contributed by atoms with van der Waals surface area (Å²) in [6.07, 6.45) is 2.59. The van der Waals surface area contributed by atoms with Gasteiger partial charge in [-0.1, -0.05) is 6.07 Å². The Kier molecular flexibility index (Phi) is 3.75. The molecule has 3 N–H and O–H groups in total. The molecule has 0 aromatic carbocycles. The number of nitrogens with two attached hydrogens (primary N) is 1. The zero-order valence-electron chi connectivity index (χ0n) is 7.96. The van der Waals surface area contributed by atoms with Crippen molar-refractivity contribution in [1.82, 2.24) is 10.0 Å². The first-order chi connectivity index (χ1) is 7.09. The number of rotatable bonds is 4. The van der Waals surface area contributed by atoms with E-state index < -0.39 is 18.2 Å². The molecule has 1 heterocycles. The largest absolute Gasteiger partial charge is 0.369 e. The van der Waals surface area contributed by atoms with E-state index in [2.05, 4.69) is 4.98 Å². The zero-order chi connectivity index (χ0) is 11.3. The number of carbonyl (C=O) groups is 2. The third-order valence-electron chi connectivity index (χ3n) is 1.67. The van der Waals surface area contributed by atoms with Gasteiger partial charge in [0, 0.05) is 12.4 Å². The fourth-order valence-corrected chi connectivity index (χ4v) is 0.993. The number of hydroxylamine groups is 2. The molecule has 80 valence electrons. The Morgan fingerprint density at radius 3 is 2.80 bits per heavy atom. The van der Waals surface area contributed by atoms with Gasteiger partial charge >= 0.3 is 0 Å². The van der Waals surface area contributed by atoms with E-state index >= 15 is 0 Å². The predicted molar refractivity (Wildman–Crippen MR) is 50.4 cm³/mol. The number of hydrogen-bond donors (Lipinski definition) is 2. The van der Waals surface area contributed by atoms with Crippen molar-refractivity contribution in [2.24, 2.45) is 5.73 Å². The van der Waals surface area contributed by atoms with E-state index in [1.807, 2.05) is 0 Å². The molecule has 0 bridgehead atoms. The predicted octanol–water partition coefficient (Wildman–Crippen LogP) is -0.325. The Morgan fingerprint density at radius 2 is 2.27 bits per heavy atom. The van der Waals surface area contributed by atoms with Gasteiger partial charge in [0.25, 0.3) is 5.91 Å². The first kappa shape index (κ1) is 11.1. The van der Waals surface area contributed by atoms with Gasteiger partial charge in [-0.3, -0.25) is 19.8 Å². The second-order valence-electron chi connectivity index (χ2n) is 2.96. The van der Waals surface area contributed by atoms with Crippen LogP contribution in [0, 0.1) is 0 Å². The minimum Gasteiger partial charge on any atom is -0.369 e. The van der Waals surface area contributed by atoms with Gasteiger partial charge in [-0.05, 0) is 11.6 Å². The van der Waals surface area contributed by atoms with E-state index in [1.165, 1.54) is 6.20 Å². The second kappa shape index (κ2) is 5.06. The van der Waals surface area contributed by atoms with Crippen LogP contribution in [0.2, 0.25) is 0 Å².